The van der Waals surface area contributed by atoms with Gasteiger partial charge in [0.2, 0.25) is 0 Å². The molecular formula is C24H31N3O2. The minimum atomic E-state index is -0.915. The smallest absolute Gasteiger partial charge is 0.354 e. The molecular weight excluding hydrogens is 362 g/mol. The molecule has 29 heavy (non-hydrogen) atoms. The number of allylic oxidation sites excluding steroid dienone is 1. The number of rotatable bonds is 7. The van der Waals surface area contributed by atoms with E-state index >= 15 is 0 Å². The van der Waals surface area contributed by atoms with Crippen LogP contribution in [0.1, 0.15) is 38.7 Å². The summed E-state index contributed by atoms with van der Waals surface area (Å²) in [6.45, 7) is 14.9. The van der Waals surface area contributed by atoms with Crippen LogP contribution in [-0.2, 0) is 4.79 Å². The molecule has 5 heteroatoms. The molecule has 1 aliphatic carbocycles. The molecule has 0 radical (unpaired) electrons. The highest BCUT2D eigenvalue weighted by atomic mass is 16.4. The first-order valence-corrected chi connectivity index (χ1v) is 10.1. The van der Waals surface area contributed by atoms with Crippen molar-refractivity contribution in [2.75, 3.05) is 11.9 Å². The van der Waals surface area contributed by atoms with Gasteiger partial charge in [0, 0.05) is 12.2 Å². The van der Waals surface area contributed by atoms with E-state index in [1.54, 1.807) is 17.2 Å². The molecule has 1 fully saturated rings. The molecule has 1 aromatic carbocycles. The zero-order valence-electron chi connectivity index (χ0n) is 17.6. The van der Waals surface area contributed by atoms with Crippen molar-refractivity contribution in [3.8, 4) is 0 Å². The van der Waals surface area contributed by atoms with Gasteiger partial charge in [-0.3, -0.25) is 5.01 Å². The number of anilines is 1. The predicted molar refractivity (Wildman–Crippen MR) is 118 cm³/mol. The number of carboxylic acids is 1. The van der Waals surface area contributed by atoms with E-state index in [0.717, 1.165) is 41.8 Å². The topological polar surface area (TPSA) is 64.6 Å². The van der Waals surface area contributed by atoms with E-state index in [-0.39, 0.29) is 11.5 Å². The van der Waals surface area contributed by atoms with Crippen molar-refractivity contribution >= 4 is 11.7 Å². The lowest BCUT2D eigenvalue weighted by Gasteiger charge is -2.34. The maximum atomic E-state index is 12.2. The van der Waals surface area contributed by atoms with Crippen molar-refractivity contribution in [3.05, 3.63) is 77.7 Å². The van der Waals surface area contributed by atoms with E-state index in [1.807, 2.05) is 12.1 Å². The molecule has 1 aromatic rings. The van der Waals surface area contributed by atoms with Gasteiger partial charge in [-0.2, -0.15) is 0 Å². The van der Waals surface area contributed by atoms with Crippen molar-refractivity contribution < 1.29 is 9.90 Å². The largest absolute Gasteiger partial charge is 0.477 e. The van der Waals surface area contributed by atoms with E-state index in [9.17, 15) is 9.90 Å². The van der Waals surface area contributed by atoms with Gasteiger partial charge in [0.25, 0.3) is 0 Å². The van der Waals surface area contributed by atoms with Crippen LogP contribution < -0.4 is 10.7 Å². The standard InChI is InChI=1S/C24H31N3O2/c1-6-17(15-25-18-10-8-16(3)9-11-18)21(7-2)27-22(23(28)29)19-14-24(4,5)13-12-20(19)26-27/h6-11,20,25-26H,1-2,12-15H2,3-5H3,(H,28,29)/b21-17-. The minimum Gasteiger partial charge on any atom is -0.477 e. The first-order chi connectivity index (χ1) is 13.8. The van der Waals surface area contributed by atoms with Crippen molar-refractivity contribution in [2.45, 2.75) is 46.1 Å². The number of hydrazine groups is 1. The van der Waals surface area contributed by atoms with Gasteiger partial charge in [-0.1, -0.05) is 50.8 Å². The van der Waals surface area contributed by atoms with Crippen LogP contribution in [0.15, 0.2) is 72.1 Å². The molecule has 3 rings (SSSR count). The van der Waals surface area contributed by atoms with Gasteiger partial charge in [-0.05, 0) is 61.0 Å². The molecule has 0 amide bonds. The second-order valence-corrected chi connectivity index (χ2v) is 8.61. The number of benzene rings is 1. The lowest BCUT2D eigenvalue weighted by atomic mass is 9.73. The maximum Gasteiger partial charge on any atom is 0.354 e. The lowest BCUT2D eigenvalue weighted by molar-refractivity contribution is -0.134. The van der Waals surface area contributed by atoms with Crippen LogP contribution >= 0.6 is 0 Å². The van der Waals surface area contributed by atoms with Crippen LogP contribution in [0.4, 0.5) is 5.69 Å². The molecule has 2 aliphatic rings. The Morgan fingerprint density at radius 3 is 2.59 bits per heavy atom. The molecule has 1 heterocycles. The summed E-state index contributed by atoms with van der Waals surface area (Å²) in [4.78, 5) is 12.2. The molecule has 0 aromatic heterocycles. The maximum absolute atomic E-state index is 12.2. The number of nitrogens with zero attached hydrogens (tertiary/aromatic N) is 1. The highest BCUT2D eigenvalue weighted by Crippen LogP contribution is 2.43. The number of aliphatic carboxylic acids is 1. The molecule has 0 saturated heterocycles. The molecule has 5 nitrogen and oxygen atoms in total. The molecule has 0 bridgehead atoms. The lowest BCUT2D eigenvalue weighted by Crippen LogP contribution is -2.40. The average Bonchev–Trinajstić information content (AvgIpc) is 3.03. The molecule has 1 unspecified atom stereocenters. The molecule has 0 spiro atoms. The first-order valence-electron chi connectivity index (χ1n) is 10.1. The molecule has 1 atom stereocenters. The summed E-state index contributed by atoms with van der Waals surface area (Å²) in [5.41, 5.74) is 8.62. The number of aryl methyl sites for hydroxylation is 1. The summed E-state index contributed by atoms with van der Waals surface area (Å²) in [7, 11) is 0. The van der Waals surface area contributed by atoms with Gasteiger partial charge < -0.3 is 10.4 Å². The Hall–Kier alpha value is -2.79. The number of hydrogen-bond acceptors (Lipinski definition) is 4. The third-order valence-electron chi connectivity index (χ3n) is 5.76. The third-order valence-corrected chi connectivity index (χ3v) is 5.76. The van der Waals surface area contributed by atoms with Crippen molar-refractivity contribution in [1.82, 2.24) is 10.4 Å². The van der Waals surface area contributed by atoms with E-state index < -0.39 is 5.97 Å². The number of carboxylic acid groups (broad SMARTS) is 1. The Kier molecular flexibility index (Phi) is 5.99. The molecule has 3 N–H and O–H groups in total. The molecule has 1 saturated carbocycles. The minimum absolute atomic E-state index is 0.0557. The van der Waals surface area contributed by atoms with E-state index in [1.165, 1.54) is 5.56 Å². The first kappa shape index (κ1) is 20.9. The number of carbonyl (C=O) groups is 1. The Bertz CT molecular complexity index is 878. The van der Waals surface area contributed by atoms with Gasteiger partial charge in [0.05, 0.1) is 11.7 Å². The van der Waals surface area contributed by atoms with Gasteiger partial charge in [0.15, 0.2) is 0 Å². The van der Waals surface area contributed by atoms with Gasteiger partial charge in [0.1, 0.15) is 5.70 Å². The normalized spacial score (nSPS) is 21.3. The summed E-state index contributed by atoms with van der Waals surface area (Å²) in [6.07, 6.45) is 6.22. The van der Waals surface area contributed by atoms with Crippen LogP contribution in [0, 0.1) is 12.3 Å². The van der Waals surface area contributed by atoms with Gasteiger partial charge in [-0.15, -0.1) is 0 Å². The van der Waals surface area contributed by atoms with Crippen molar-refractivity contribution in [3.63, 3.8) is 0 Å². The van der Waals surface area contributed by atoms with Crippen molar-refractivity contribution in [1.29, 1.82) is 0 Å². The Morgan fingerprint density at radius 1 is 1.31 bits per heavy atom. The summed E-state index contributed by atoms with van der Waals surface area (Å²) in [6, 6.07) is 8.21. The van der Waals surface area contributed by atoms with Crippen molar-refractivity contribution in [2.24, 2.45) is 5.41 Å². The van der Waals surface area contributed by atoms with E-state index in [0.29, 0.717) is 12.2 Å². The fourth-order valence-corrected chi connectivity index (χ4v) is 4.12. The number of nitrogens with one attached hydrogen (secondary N) is 2. The summed E-state index contributed by atoms with van der Waals surface area (Å²) in [5, 5.41) is 15.1. The second-order valence-electron chi connectivity index (χ2n) is 8.61. The predicted octanol–water partition coefficient (Wildman–Crippen LogP) is 4.77. The summed E-state index contributed by atoms with van der Waals surface area (Å²) in [5.74, 6) is -0.915. The van der Waals surface area contributed by atoms with Crippen LogP contribution in [-0.4, -0.2) is 28.7 Å². The zero-order chi connectivity index (χ0) is 21.2. The zero-order valence-corrected chi connectivity index (χ0v) is 17.6. The van der Waals surface area contributed by atoms with Crippen LogP contribution in [0.25, 0.3) is 0 Å². The highest BCUT2D eigenvalue weighted by molar-refractivity contribution is 5.88. The summed E-state index contributed by atoms with van der Waals surface area (Å²) >= 11 is 0. The van der Waals surface area contributed by atoms with Crippen LogP contribution in [0.2, 0.25) is 0 Å². The average molecular weight is 394 g/mol. The second kappa shape index (κ2) is 8.29. The van der Waals surface area contributed by atoms with E-state index in [2.05, 4.69) is 56.8 Å². The van der Waals surface area contributed by atoms with Gasteiger partial charge in [-0.25, -0.2) is 10.2 Å². The summed E-state index contributed by atoms with van der Waals surface area (Å²) < 4.78 is 0. The Morgan fingerprint density at radius 2 is 2.00 bits per heavy atom. The third kappa shape index (κ3) is 4.46. The van der Waals surface area contributed by atoms with Crippen LogP contribution in [0.3, 0.4) is 0 Å². The molecule has 154 valence electrons. The Labute approximate surface area is 173 Å². The monoisotopic (exact) mass is 393 g/mol. The quantitative estimate of drug-likeness (QED) is 0.583. The van der Waals surface area contributed by atoms with Gasteiger partial charge >= 0.3 is 5.97 Å². The fraction of sp³-hybridized carbons (Fsp3) is 0.375. The highest BCUT2D eigenvalue weighted by Gasteiger charge is 2.42. The van der Waals surface area contributed by atoms with E-state index in [4.69, 9.17) is 0 Å². The Balaban J connectivity index is 1.92. The number of hydrogen-bond donors (Lipinski definition) is 3. The van der Waals surface area contributed by atoms with Crippen LogP contribution in [0.5, 0.6) is 0 Å². The molecule has 1 aliphatic heterocycles. The fourth-order valence-electron chi connectivity index (χ4n) is 4.12. The number of fused-ring (bicyclic) bond motifs is 1. The SMILES string of the molecule is C=C/C(CNc1ccc(C)cc1)=C(\C=C)N1NC2CCC(C)(C)CC2=C1C(=O)O.